The van der Waals surface area contributed by atoms with E-state index in [0.29, 0.717) is 11.1 Å². The Morgan fingerprint density at radius 2 is 1.37 bits per heavy atom. The fourth-order valence-electron chi connectivity index (χ4n) is 4.11. The molecule has 2 aliphatic rings. The summed E-state index contributed by atoms with van der Waals surface area (Å²) in [5.41, 5.74) is 1.27. The van der Waals surface area contributed by atoms with E-state index >= 15 is 0 Å². The highest BCUT2D eigenvalue weighted by Crippen LogP contribution is 2.49. The number of aromatic hydroxyl groups is 2. The van der Waals surface area contributed by atoms with Crippen LogP contribution in [-0.2, 0) is 4.74 Å². The first kappa shape index (κ1) is 20.9. The molecule has 0 aromatic heterocycles. The molecule has 9 heteroatoms. The average Bonchev–Trinajstić information content (AvgIpc) is 2.67. The molecule has 0 saturated carbocycles. The summed E-state index contributed by atoms with van der Waals surface area (Å²) < 4.78 is 11.0. The zero-order valence-electron chi connectivity index (χ0n) is 16.3. The van der Waals surface area contributed by atoms with Crippen molar-refractivity contribution >= 4 is 0 Å². The van der Waals surface area contributed by atoms with Crippen LogP contribution in [0, 0.1) is 6.92 Å². The van der Waals surface area contributed by atoms with Crippen LogP contribution >= 0.6 is 0 Å². The van der Waals surface area contributed by atoms with E-state index in [0.717, 1.165) is 0 Å². The molecule has 0 radical (unpaired) electrons. The fraction of sp³-hybridized carbons (Fsp3) is 0.429. The van der Waals surface area contributed by atoms with Crippen LogP contribution in [0.15, 0.2) is 24.3 Å². The van der Waals surface area contributed by atoms with Crippen molar-refractivity contribution < 1.29 is 45.2 Å². The number of fused-ring (bicyclic) bond motifs is 2. The number of aryl methyl sites for hydroxylation is 1. The van der Waals surface area contributed by atoms with Gasteiger partial charge in [0.05, 0.1) is 6.10 Å². The molecule has 2 aromatic carbocycles. The predicted molar refractivity (Wildman–Crippen MR) is 102 cm³/mol. The number of benzene rings is 2. The van der Waals surface area contributed by atoms with Crippen molar-refractivity contribution in [3.63, 3.8) is 0 Å². The third-order valence-corrected chi connectivity index (χ3v) is 5.69. The maximum atomic E-state index is 10.9. The van der Waals surface area contributed by atoms with Gasteiger partial charge < -0.3 is 45.2 Å². The third kappa shape index (κ3) is 3.20. The van der Waals surface area contributed by atoms with E-state index in [2.05, 4.69) is 0 Å². The lowest BCUT2D eigenvalue weighted by Gasteiger charge is -2.39. The smallest absolute Gasteiger partial charge is 0.229 e. The van der Waals surface area contributed by atoms with Gasteiger partial charge in [0, 0.05) is 17.2 Å². The van der Waals surface area contributed by atoms with Crippen molar-refractivity contribution in [1.29, 1.82) is 0 Å². The number of ether oxygens (including phenoxy) is 2. The Morgan fingerprint density at radius 1 is 0.767 bits per heavy atom. The molecule has 7 unspecified atom stereocenters. The van der Waals surface area contributed by atoms with Gasteiger partial charge in [-0.2, -0.15) is 0 Å². The highest BCUT2D eigenvalue weighted by atomic mass is 16.7. The van der Waals surface area contributed by atoms with Crippen LogP contribution in [0.2, 0.25) is 0 Å². The van der Waals surface area contributed by atoms with Crippen LogP contribution in [0.3, 0.4) is 0 Å². The summed E-state index contributed by atoms with van der Waals surface area (Å²) in [6, 6.07) is 5.63. The van der Waals surface area contributed by atoms with Crippen LogP contribution in [-0.4, -0.2) is 66.5 Å². The summed E-state index contributed by atoms with van der Waals surface area (Å²) in [4.78, 5) is 0. The molecule has 1 aliphatic heterocycles. The lowest BCUT2D eigenvalue weighted by atomic mass is 9.80. The number of phenolic OH excluding ortho intramolecular Hbond substituents is 2. The molecular weight excluding hydrogens is 396 g/mol. The maximum Gasteiger partial charge on any atom is 0.229 e. The molecular formula is C21H24O9. The van der Waals surface area contributed by atoms with E-state index in [9.17, 15) is 35.7 Å². The fourth-order valence-corrected chi connectivity index (χ4v) is 4.11. The van der Waals surface area contributed by atoms with Gasteiger partial charge in [-0.1, -0.05) is 6.07 Å². The molecule has 2 aromatic rings. The van der Waals surface area contributed by atoms with Gasteiger partial charge in [-0.3, -0.25) is 0 Å². The summed E-state index contributed by atoms with van der Waals surface area (Å²) in [6.45, 7) is 3.24. The summed E-state index contributed by atoms with van der Waals surface area (Å²) in [5.74, 6) is -0.571. The molecule has 4 rings (SSSR count). The summed E-state index contributed by atoms with van der Waals surface area (Å²) >= 11 is 0. The van der Waals surface area contributed by atoms with Crippen molar-refractivity contribution in [2.24, 2.45) is 0 Å². The minimum absolute atomic E-state index is 0.0117. The maximum absolute atomic E-state index is 10.9. The SMILES string of the molecule is Cc1cc(O)c2c(c1)C(O)c1cc(OC3OC(C)C(O)C(O)C3O)cc(O)c1C2O. The minimum atomic E-state index is -1.55. The van der Waals surface area contributed by atoms with Crippen molar-refractivity contribution in [3.8, 4) is 17.2 Å². The third-order valence-electron chi connectivity index (χ3n) is 5.69. The highest BCUT2D eigenvalue weighted by molar-refractivity contribution is 5.61. The Kier molecular flexibility index (Phi) is 5.13. The quantitative estimate of drug-likeness (QED) is 0.357. The van der Waals surface area contributed by atoms with E-state index < -0.39 is 48.7 Å². The second-order valence-electron chi connectivity index (χ2n) is 7.84. The van der Waals surface area contributed by atoms with Crippen molar-refractivity contribution in [2.75, 3.05) is 0 Å². The molecule has 9 nitrogen and oxygen atoms in total. The van der Waals surface area contributed by atoms with Gasteiger partial charge in [-0.25, -0.2) is 0 Å². The average molecular weight is 420 g/mol. The zero-order valence-corrected chi connectivity index (χ0v) is 16.3. The lowest BCUT2D eigenvalue weighted by molar-refractivity contribution is -0.268. The van der Waals surface area contributed by atoms with Gasteiger partial charge in [0.15, 0.2) is 0 Å². The zero-order chi connectivity index (χ0) is 21.9. The van der Waals surface area contributed by atoms with Gasteiger partial charge in [0.25, 0.3) is 0 Å². The Hall–Kier alpha value is -2.40. The highest BCUT2D eigenvalue weighted by Gasteiger charge is 2.43. The van der Waals surface area contributed by atoms with Crippen LogP contribution in [0.25, 0.3) is 0 Å². The minimum Gasteiger partial charge on any atom is -0.508 e. The number of aliphatic hydroxyl groups excluding tert-OH is 5. The number of phenols is 2. The van der Waals surface area contributed by atoms with E-state index in [1.807, 2.05) is 0 Å². The molecule has 1 saturated heterocycles. The molecule has 0 amide bonds. The Bertz CT molecular complexity index is 975. The van der Waals surface area contributed by atoms with Gasteiger partial charge in [-0.15, -0.1) is 0 Å². The standard InChI is InChI=1S/C21H24O9/c1-7-3-10-14(12(22)4-7)18(26)15-11(17(10)25)5-9(6-13(15)23)30-21-20(28)19(27)16(24)8(2)29-21/h3-6,8,16-28H,1-2H3. The largest absolute Gasteiger partial charge is 0.508 e. The molecule has 30 heavy (non-hydrogen) atoms. The van der Waals surface area contributed by atoms with Crippen molar-refractivity contribution in [2.45, 2.75) is 56.8 Å². The second-order valence-corrected chi connectivity index (χ2v) is 7.84. The lowest BCUT2D eigenvalue weighted by Crippen LogP contribution is -2.58. The van der Waals surface area contributed by atoms with Gasteiger partial charge in [-0.05, 0) is 42.7 Å². The first-order valence-corrected chi connectivity index (χ1v) is 9.52. The second kappa shape index (κ2) is 7.38. The van der Waals surface area contributed by atoms with Crippen LogP contribution in [0.1, 0.15) is 46.9 Å². The monoisotopic (exact) mass is 420 g/mol. The normalized spacial score (nSPS) is 33.0. The van der Waals surface area contributed by atoms with Crippen molar-refractivity contribution in [3.05, 3.63) is 52.1 Å². The Balaban J connectivity index is 1.71. The molecule has 1 aliphatic carbocycles. The van der Waals surface area contributed by atoms with E-state index in [-0.39, 0.29) is 28.2 Å². The van der Waals surface area contributed by atoms with Crippen LogP contribution < -0.4 is 4.74 Å². The van der Waals surface area contributed by atoms with Crippen LogP contribution in [0.4, 0.5) is 0 Å². The molecule has 1 heterocycles. The molecule has 7 atom stereocenters. The van der Waals surface area contributed by atoms with E-state index in [1.165, 1.54) is 25.1 Å². The van der Waals surface area contributed by atoms with Crippen LogP contribution in [0.5, 0.6) is 17.2 Å². The summed E-state index contributed by atoms with van der Waals surface area (Å²) in [5, 5.41) is 72.2. The first-order chi connectivity index (χ1) is 14.1. The van der Waals surface area contributed by atoms with Gasteiger partial charge in [0.2, 0.25) is 6.29 Å². The molecule has 7 N–H and O–H groups in total. The number of aliphatic hydroxyl groups is 5. The Labute approximate surface area is 172 Å². The molecule has 0 bridgehead atoms. The Morgan fingerprint density at radius 3 is 2.03 bits per heavy atom. The van der Waals surface area contributed by atoms with Gasteiger partial charge in [0.1, 0.15) is 47.8 Å². The summed E-state index contributed by atoms with van der Waals surface area (Å²) in [7, 11) is 0. The first-order valence-electron chi connectivity index (χ1n) is 9.52. The number of rotatable bonds is 2. The van der Waals surface area contributed by atoms with Crippen molar-refractivity contribution in [1.82, 2.24) is 0 Å². The number of hydrogen-bond acceptors (Lipinski definition) is 9. The summed E-state index contributed by atoms with van der Waals surface area (Å²) in [6.07, 6.45) is -9.12. The molecule has 162 valence electrons. The van der Waals surface area contributed by atoms with E-state index in [4.69, 9.17) is 9.47 Å². The van der Waals surface area contributed by atoms with Gasteiger partial charge >= 0.3 is 0 Å². The number of hydrogen-bond donors (Lipinski definition) is 7. The molecule has 1 fully saturated rings. The topological polar surface area (TPSA) is 160 Å². The predicted octanol–water partition coefficient (Wildman–Crippen LogP) is 0.0893. The van der Waals surface area contributed by atoms with E-state index in [1.54, 1.807) is 13.0 Å². The molecule has 0 spiro atoms.